The van der Waals surface area contributed by atoms with Gasteiger partial charge in [-0.25, -0.2) is 4.98 Å². The van der Waals surface area contributed by atoms with Crippen molar-refractivity contribution in [2.45, 2.75) is 0 Å². The number of hydrogen-bond acceptors (Lipinski definition) is 2. The molecule has 0 N–H and O–H groups in total. The summed E-state index contributed by atoms with van der Waals surface area (Å²) >= 11 is 6.55. The van der Waals surface area contributed by atoms with Crippen LogP contribution >= 0.6 is 11.6 Å². The first-order valence-electron chi connectivity index (χ1n) is 7.59. The lowest BCUT2D eigenvalue weighted by atomic mass is 10.1. The topological polar surface area (TPSA) is 27.1 Å². The number of fused-ring (bicyclic) bond motifs is 3. The van der Waals surface area contributed by atoms with Crippen molar-refractivity contribution in [2.24, 2.45) is 0 Å². The molecule has 0 aliphatic rings. The Morgan fingerprint density at radius 3 is 2.79 bits per heavy atom. The third-order valence-electron chi connectivity index (χ3n) is 4.19. The third kappa shape index (κ3) is 2.09. The summed E-state index contributed by atoms with van der Waals surface area (Å²) in [6.07, 6.45) is 3.58. The van der Waals surface area contributed by atoms with E-state index >= 15 is 0 Å². The summed E-state index contributed by atoms with van der Waals surface area (Å²) in [5, 5.41) is 2.87. The molecule has 118 valence electrons. The maximum absolute atomic E-state index is 6.55. The predicted octanol–water partition coefficient (Wildman–Crippen LogP) is 5.48. The first-order chi connectivity index (χ1) is 11.7. The largest absolute Gasteiger partial charge is 0.497 e. The van der Waals surface area contributed by atoms with Crippen LogP contribution in [0.5, 0.6) is 5.75 Å². The first kappa shape index (κ1) is 14.8. The second kappa shape index (κ2) is 5.69. The molecule has 4 heteroatoms. The van der Waals surface area contributed by atoms with Crippen molar-refractivity contribution >= 4 is 39.5 Å². The smallest absolute Gasteiger partial charge is 0.144 e. The van der Waals surface area contributed by atoms with Crippen molar-refractivity contribution in [3.63, 3.8) is 0 Å². The van der Waals surface area contributed by atoms with Gasteiger partial charge in [-0.05, 0) is 30.3 Å². The van der Waals surface area contributed by atoms with E-state index in [0.717, 1.165) is 38.9 Å². The molecule has 0 radical (unpaired) electrons. The van der Waals surface area contributed by atoms with Crippen LogP contribution in [-0.2, 0) is 0 Å². The average molecular weight is 335 g/mol. The predicted molar refractivity (Wildman–Crippen MR) is 100 cm³/mol. The maximum atomic E-state index is 6.55. The van der Waals surface area contributed by atoms with Crippen molar-refractivity contribution in [3.8, 4) is 11.6 Å². The van der Waals surface area contributed by atoms with Gasteiger partial charge in [0, 0.05) is 28.6 Å². The van der Waals surface area contributed by atoms with Crippen LogP contribution < -0.4 is 4.74 Å². The van der Waals surface area contributed by atoms with Crippen LogP contribution in [0.25, 0.3) is 33.7 Å². The van der Waals surface area contributed by atoms with Gasteiger partial charge in [0.05, 0.1) is 23.2 Å². The molecular formula is C20H15ClN2O. The van der Waals surface area contributed by atoms with E-state index in [0.29, 0.717) is 5.02 Å². The number of rotatable bonds is 3. The molecule has 4 aromatic rings. The number of ether oxygens (including phenoxy) is 1. The van der Waals surface area contributed by atoms with E-state index in [1.807, 2.05) is 36.4 Å². The summed E-state index contributed by atoms with van der Waals surface area (Å²) in [6, 6.07) is 15.8. The summed E-state index contributed by atoms with van der Waals surface area (Å²) in [5.41, 5.74) is 2.88. The van der Waals surface area contributed by atoms with E-state index in [1.165, 1.54) is 0 Å². The van der Waals surface area contributed by atoms with Crippen molar-refractivity contribution in [2.75, 3.05) is 7.11 Å². The summed E-state index contributed by atoms with van der Waals surface area (Å²) in [6.45, 7) is 3.91. The fraction of sp³-hybridized carbons (Fsp3) is 0.0500. The zero-order chi connectivity index (χ0) is 16.7. The van der Waals surface area contributed by atoms with Crippen molar-refractivity contribution in [1.29, 1.82) is 0 Å². The zero-order valence-electron chi connectivity index (χ0n) is 13.2. The molecule has 3 nitrogen and oxygen atoms in total. The van der Waals surface area contributed by atoms with Crippen LogP contribution in [-0.4, -0.2) is 16.7 Å². The molecule has 0 unspecified atom stereocenters. The van der Waals surface area contributed by atoms with E-state index in [4.69, 9.17) is 16.3 Å². The molecule has 0 saturated heterocycles. The molecule has 0 amide bonds. The fourth-order valence-corrected chi connectivity index (χ4v) is 3.37. The normalized spacial score (nSPS) is 11.1. The second-order valence-corrected chi connectivity index (χ2v) is 5.88. The summed E-state index contributed by atoms with van der Waals surface area (Å²) in [5.74, 6) is 1.59. The lowest BCUT2D eigenvalue weighted by Crippen LogP contribution is -2.00. The number of pyridine rings is 1. The molecule has 2 aromatic heterocycles. The highest BCUT2D eigenvalue weighted by atomic mass is 35.5. The van der Waals surface area contributed by atoms with Crippen LogP contribution in [0, 0.1) is 0 Å². The molecular weight excluding hydrogens is 320 g/mol. The van der Waals surface area contributed by atoms with Gasteiger partial charge in [0.25, 0.3) is 0 Å². The standard InChI is InChI=1S/C20H15ClN2O/c1-3-13-6-5-11-22-20(13)23-18-12-14(24-2)9-10-15(18)16-7-4-8-17(21)19(16)23/h3-12H,1H2,2H3. The zero-order valence-corrected chi connectivity index (χ0v) is 13.9. The number of aromatic nitrogens is 2. The summed E-state index contributed by atoms with van der Waals surface area (Å²) in [4.78, 5) is 4.58. The van der Waals surface area contributed by atoms with Crippen molar-refractivity contribution in [3.05, 3.63) is 71.9 Å². The summed E-state index contributed by atoms with van der Waals surface area (Å²) in [7, 11) is 1.66. The quantitative estimate of drug-likeness (QED) is 0.495. The molecule has 2 heterocycles. The van der Waals surface area contributed by atoms with Gasteiger partial charge in [-0.3, -0.25) is 4.57 Å². The highest BCUT2D eigenvalue weighted by molar-refractivity contribution is 6.36. The van der Waals surface area contributed by atoms with Gasteiger partial charge in [0.1, 0.15) is 11.6 Å². The molecule has 24 heavy (non-hydrogen) atoms. The average Bonchev–Trinajstić information content (AvgIpc) is 2.96. The SMILES string of the molecule is C=Cc1cccnc1-n1c2cc(OC)ccc2c2cccc(Cl)c21. The Kier molecular flexibility index (Phi) is 3.51. The molecule has 0 spiro atoms. The number of halogens is 1. The van der Waals surface area contributed by atoms with Gasteiger partial charge in [0.2, 0.25) is 0 Å². The van der Waals surface area contributed by atoms with Crippen LogP contribution in [0.2, 0.25) is 5.02 Å². The Balaban J connectivity index is 2.24. The lowest BCUT2D eigenvalue weighted by molar-refractivity contribution is 0.415. The maximum Gasteiger partial charge on any atom is 0.144 e. The van der Waals surface area contributed by atoms with Crippen LogP contribution in [0.3, 0.4) is 0 Å². The Morgan fingerprint density at radius 1 is 1.12 bits per heavy atom. The number of nitrogens with zero attached hydrogens (tertiary/aromatic N) is 2. The van der Waals surface area contributed by atoms with Gasteiger partial charge in [0.15, 0.2) is 0 Å². The fourth-order valence-electron chi connectivity index (χ4n) is 3.11. The number of benzene rings is 2. The molecule has 4 rings (SSSR count). The van der Waals surface area contributed by atoms with Gasteiger partial charge in [-0.2, -0.15) is 0 Å². The van der Waals surface area contributed by atoms with Gasteiger partial charge >= 0.3 is 0 Å². The Morgan fingerprint density at radius 2 is 2.00 bits per heavy atom. The van der Waals surface area contributed by atoms with Gasteiger partial charge in [-0.1, -0.05) is 36.4 Å². The highest BCUT2D eigenvalue weighted by Gasteiger charge is 2.17. The monoisotopic (exact) mass is 334 g/mol. The lowest BCUT2D eigenvalue weighted by Gasteiger charge is -2.11. The first-order valence-corrected chi connectivity index (χ1v) is 7.97. The molecule has 0 bridgehead atoms. The summed E-state index contributed by atoms with van der Waals surface area (Å²) < 4.78 is 7.49. The minimum absolute atomic E-state index is 0.684. The second-order valence-electron chi connectivity index (χ2n) is 5.47. The van der Waals surface area contributed by atoms with Crippen molar-refractivity contribution < 1.29 is 4.74 Å². The molecule has 0 aliphatic carbocycles. The number of methoxy groups -OCH3 is 1. The van der Waals surface area contributed by atoms with E-state index in [-0.39, 0.29) is 0 Å². The van der Waals surface area contributed by atoms with E-state index in [2.05, 4.69) is 28.3 Å². The minimum atomic E-state index is 0.684. The van der Waals surface area contributed by atoms with E-state index in [1.54, 1.807) is 19.4 Å². The molecule has 0 aliphatic heterocycles. The van der Waals surface area contributed by atoms with Crippen LogP contribution in [0.15, 0.2) is 61.3 Å². The van der Waals surface area contributed by atoms with E-state index < -0.39 is 0 Å². The van der Waals surface area contributed by atoms with Gasteiger partial charge in [-0.15, -0.1) is 0 Å². The third-order valence-corrected chi connectivity index (χ3v) is 4.50. The minimum Gasteiger partial charge on any atom is -0.497 e. The Labute approximate surface area is 144 Å². The highest BCUT2D eigenvalue weighted by Crippen LogP contribution is 2.37. The van der Waals surface area contributed by atoms with Gasteiger partial charge < -0.3 is 4.74 Å². The molecule has 0 atom stereocenters. The van der Waals surface area contributed by atoms with Crippen molar-refractivity contribution in [1.82, 2.24) is 9.55 Å². The molecule has 0 saturated carbocycles. The molecule has 0 fully saturated rings. The van der Waals surface area contributed by atoms with Crippen LogP contribution in [0.1, 0.15) is 5.56 Å². The number of para-hydroxylation sites is 1. The van der Waals surface area contributed by atoms with E-state index in [9.17, 15) is 0 Å². The van der Waals surface area contributed by atoms with Crippen LogP contribution in [0.4, 0.5) is 0 Å². The Hall–Kier alpha value is -2.78. The number of hydrogen-bond donors (Lipinski definition) is 0. The Bertz CT molecular complexity index is 1080. The molecule has 2 aromatic carbocycles.